The van der Waals surface area contributed by atoms with Gasteiger partial charge in [-0.2, -0.15) is 0 Å². The quantitative estimate of drug-likeness (QED) is 0.668. The van der Waals surface area contributed by atoms with Crippen LogP contribution in [0.3, 0.4) is 0 Å². The van der Waals surface area contributed by atoms with Crippen molar-refractivity contribution in [2.45, 2.75) is 47.0 Å². The Balaban J connectivity index is 1.86. The van der Waals surface area contributed by atoms with Gasteiger partial charge in [-0.3, -0.25) is 4.79 Å². The highest BCUT2D eigenvalue weighted by atomic mass is 16.3. The van der Waals surface area contributed by atoms with Gasteiger partial charge in [0, 0.05) is 16.6 Å². The summed E-state index contributed by atoms with van der Waals surface area (Å²) >= 11 is 0. The van der Waals surface area contributed by atoms with Gasteiger partial charge in [0.1, 0.15) is 5.58 Å². The number of carbonyl (C=O) groups excluding carboxylic acids is 1. The number of amides is 1. The van der Waals surface area contributed by atoms with E-state index in [0.717, 1.165) is 27.8 Å². The van der Waals surface area contributed by atoms with Crippen molar-refractivity contribution in [2.75, 3.05) is 5.32 Å². The lowest BCUT2D eigenvalue weighted by Crippen LogP contribution is -2.15. The zero-order valence-corrected chi connectivity index (χ0v) is 15.6. The van der Waals surface area contributed by atoms with E-state index in [1.165, 1.54) is 16.7 Å². The van der Waals surface area contributed by atoms with E-state index in [1.807, 2.05) is 32.0 Å². The number of aryl methyl sites for hydroxylation is 2. The molecule has 0 aliphatic carbocycles. The van der Waals surface area contributed by atoms with Gasteiger partial charge in [-0.25, -0.2) is 0 Å². The minimum absolute atomic E-state index is 0.0249. The Morgan fingerprint density at radius 3 is 2.60 bits per heavy atom. The molecule has 3 aromatic rings. The third kappa shape index (κ3) is 3.46. The van der Waals surface area contributed by atoms with Crippen molar-refractivity contribution in [2.24, 2.45) is 0 Å². The number of hydrogen-bond donors (Lipinski definition) is 1. The van der Waals surface area contributed by atoms with Crippen molar-refractivity contribution in [3.8, 4) is 0 Å². The number of fused-ring (bicyclic) bond motifs is 1. The molecule has 0 saturated heterocycles. The van der Waals surface area contributed by atoms with Crippen LogP contribution in [0, 0.1) is 20.8 Å². The number of hydrogen-bond acceptors (Lipinski definition) is 2. The second-order valence-corrected chi connectivity index (χ2v) is 7.09. The van der Waals surface area contributed by atoms with Crippen molar-refractivity contribution in [1.82, 2.24) is 0 Å². The lowest BCUT2D eigenvalue weighted by Gasteiger charge is -2.11. The van der Waals surface area contributed by atoms with Crippen molar-refractivity contribution in [3.05, 3.63) is 64.4 Å². The first-order valence-corrected chi connectivity index (χ1v) is 8.73. The number of anilines is 1. The lowest BCUT2D eigenvalue weighted by molar-refractivity contribution is -0.115. The van der Waals surface area contributed by atoms with Gasteiger partial charge in [0.2, 0.25) is 5.91 Å². The highest BCUT2D eigenvalue weighted by Gasteiger charge is 2.14. The third-order valence-corrected chi connectivity index (χ3v) is 4.89. The molecular formula is C22H25NO2. The predicted octanol–water partition coefficient (Wildman–Crippen LogP) is 5.66. The number of rotatable bonds is 4. The average molecular weight is 335 g/mol. The second-order valence-electron chi connectivity index (χ2n) is 7.09. The van der Waals surface area contributed by atoms with Crippen LogP contribution in [0.25, 0.3) is 11.0 Å². The zero-order valence-electron chi connectivity index (χ0n) is 15.6. The molecule has 0 saturated carbocycles. The van der Waals surface area contributed by atoms with Gasteiger partial charge < -0.3 is 9.73 Å². The molecule has 0 spiro atoms. The molecule has 1 N–H and O–H groups in total. The molecule has 25 heavy (non-hydrogen) atoms. The molecule has 130 valence electrons. The molecule has 1 aromatic heterocycles. The summed E-state index contributed by atoms with van der Waals surface area (Å²) in [6, 6.07) is 10.2. The maximum absolute atomic E-state index is 12.5. The fourth-order valence-electron chi connectivity index (χ4n) is 3.26. The standard InChI is InChI=1S/C22H25NO2/c1-13(2)18-11-19-17(12-25-21(19)9-15(18)4)10-22(24)23-20-8-6-7-14(3)16(20)5/h6-9,11-13H,10H2,1-5H3,(H,23,24). The van der Waals surface area contributed by atoms with Crippen molar-refractivity contribution in [1.29, 1.82) is 0 Å². The summed E-state index contributed by atoms with van der Waals surface area (Å²) in [4.78, 5) is 12.5. The van der Waals surface area contributed by atoms with Crippen molar-refractivity contribution < 1.29 is 9.21 Å². The molecule has 3 rings (SSSR count). The number of carbonyl (C=O) groups is 1. The molecule has 2 aromatic carbocycles. The SMILES string of the molecule is Cc1cc2occ(CC(=O)Nc3cccc(C)c3C)c2cc1C(C)C. The van der Waals surface area contributed by atoms with E-state index in [1.54, 1.807) is 6.26 Å². The Morgan fingerprint density at radius 1 is 1.12 bits per heavy atom. The maximum Gasteiger partial charge on any atom is 0.228 e. The first kappa shape index (κ1) is 17.3. The molecule has 0 fully saturated rings. The molecular weight excluding hydrogens is 310 g/mol. The largest absolute Gasteiger partial charge is 0.464 e. The Kier molecular flexibility index (Phi) is 4.67. The first-order chi connectivity index (χ1) is 11.9. The first-order valence-electron chi connectivity index (χ1n) is 8.73. The Hall–Kier alpha value is -2.55. The molecule has 3 heteroatoms. The smallest absolute Gasteiger partial charge is 0.228 e. The van der Waals surface area contributed by atoms with Gasteiger partial charge in [-0.05, 0) is 67.1 Å². The molecule has 3 nitrogen and oxygen atoms in total. The van der Waals surface area contributed by atoms with Crippen LogP contribution in [0.2, 0.25) is 0 Å². The lowest BCUT2D eigenvalue weighted by atomic mass is 9.95. The molecule has 0 bridgehead atoms. The fraction of sp³-hybridized carbons (Fsp3) is 0.318. The molecule has 1 heterocycles. The monoisotopic (exact) mass is 335 g/mol. The van der Waals surface area contributed by atoms with Gasteiger partial charge in [0.15, 0.2) is 0 Å². The van der Waals surface area contributed by atoms with Crippen LogP contribution >= 0.6 is 0 Å². The van der Waals surface area contributed by atoms with E-state index in [0.29, 0.717) is 12.3 Å². The number of benzene rings is 2. The number of furan rings is 1. The van der Waals surface area contributed by atoms with Gasteiger partial charge in [0.25, 0.3) is 0 Å². The molecule has 0 unspecified atom stereocenters. The number of nitrogens with one attached hydrogen (secondary N) is 1. The fourth-order valence-corrected chi connectivity index (χ4v) is 3.26. The molecule has 0 aliphatic rings. The van der Waals surface area contributed by atoms with E-state index < -0.39 is 0 Å². The summed E-state index contributed by atoms with van der Waals surface area (Å²) in [5, 5.41) is 4.05. The molecule has 0 atom stereocenters. The van der Waals surface area contributed by atoms with Crippen LogP contribution in [0.15, 0.2) is 41.0 Å². The highest BCUT2D eigenvalue weighted by Crippen LogP contribution is 2.29. The summed E-state index contributed by atoms with van der Waals surface area (Å²) in [5.74, 6) is 0.416. The minimum Gasteiger partial charge on any atom is -0.464 e. The van der Waals surface area contributed by atoms with Crippen LogP contribution < -0.4 is 5.32 Å². The van der Waals surface area contributed by atoms with Gasteiger partial charge in [-0.15, -0.1) is 0 Å². The van der Waals surface area contributed by atoms with Gasteiger partial charge in [-0.1, -0.05) is 26.0 Å². The van der Waals surface area contributed by atoms with E-state index in [4.69, 9.17) is 4.42 Å². The predicted molar refractivity (Wildman–Crippen MR) is 103 cm³/mol. The van der Waals surface area contributed by atoms with Crippen LogP contribution in [0.4, 0.5) is 5.69 Å². The molecule has 0 aliphatic heterocycles. The van der Waals surface area contributed by atoms with E-state index >= 15 is 0 Å². The molecule has 0 radical (unpaired) electrons. The minimum atomic E-state index is -0.0249. The van der Waals surface area contributed by atoms with Crippen LogP contribution in [0.1, 0.15) is 47.6 Å². The average Bonchev–Trinajstić information content (AvgIpc) is 2.92. The van der Waals surface area contributed by atoms with E-state index in [-0.39, 0.29) is 5.91 Å². The summed E-state index contributed by atoms with van der Waals surface area (Å²) in [6.45, 7) is 10.5. The van der Waals surface area contributed by atoms with E-state index in [9.17, 15) is 4.79 Å². The topological polar surface area (TPSA) is 42.2 Å². The summed E-state index contributed by atoms with van der Waals surface area (Å²) in [7, 11) is 0. The highest BCUT2D eigenvalue weighted by molar-refractivity contribution is 5.96. The van der Waals surface area contributed by atoms with Gasteiger partial charge >= 0.3 is 0 Å². The van der Waals surface area contributed by atoms with E-state index in [2.05, 4.69) is 38.2 Å². The van der Waals surface area contributed by atoms with Gasteiger partial charge in [0.05, 0.1) is 12.7 Å². The van der Waals surface area contributed by atoms with Crippen LogP contribution in [-0.4, -0.2) is 5.91 Å². The van der Waals surface area contributed by atoms with Crippen LogP contribution in [0.5, 0.6) is 0 Å². The third-order valence-electron chi connectivity index (χ3n) is 4.89. The Morgan fingerprint density at radius 2 is 1.88 bits per heavy atom. The Bertz CT molecular complexity index is 935. The summed E-state index contributed by atoms with van der Waals surface area (Å²) in [5.41, 5.74) is 7.44. The maximum atomic E-state index is 12.5. The molecule has 1 amide bonds. The zero-order chi connectivity index (χ0) is 18.1. The Labute approximate surface area is 149 Å². The summed E-state index contributed by atoms with van der Waals surface area (Å²) < 4.78 is 5.68. The summed E-state index contributed by atoms with van der Waals surface area (Å²) in [6.07, 6.45) is 2.01. The van der Waals surface area contributed by atoms with Crippen molar-refractivity contribution >= 4 is 22.6 Å². The van der Waals surface area contributed by atoms with Crippen LogP contribution in [-0.2, 0) is 11.2 Å². The van der Waals surface area contributed by atoms with Crippen molar-refractivity contribution in [3.63, 3.8) is 0 Å². The normalized spacial score (nSPS) is 11.3. The second kappa shape index (κ2) is 6.75.